The molecule has 35 heavy (non-hydrogen) atoms. The van der Waals surface area contributed by atoms with Crippen LogP contribution < -0.4 is 9.64 Å². The molecule has 1 atom stereocenters. The highest BCUT2D eigenvalue weighted by Crippen LogP contribution is 2.34. The lowest BCUT2D eigenvalue weighted by Crippen LogP contribution is -2.24. The Labute approximate surface area is 207 Å². The molecule has 0 bridgehead atoms. The number of aryl methyl sites for hydroxylation is 5. The van der Waals surface area contributed by atoms with Gasteiger partial charge >= 0.3 is 0 Å². The fourth-order valence-corrected chi connectivity index (χ4v) is 5.09. The van der Waals surface area contributed by atoms with Gasteiger partial charge in [0.2, 0.25) is 5.91 Å². The van der Waals surface area contributed by atoms with Gasteiger partial charge in [-0.25, -0.2) is 4.98 Å². The molecule has 0 saturated carbocycles. The van der Waals surface area contributed by atoms with Gasteiger partial charge in [-0.1, -0.05) is 36.4 Å². The Kier molecular flexibility index (Phi) is 6.33. The summed E-state index contributed by atoms with van der Waals surface area (Å²) < 4.78 is 8.46. The monoisotopic (exact) mass is 467 g/mol. The molecule has 2 heterocycles. The average Bonchev–Trinajstić information content (AvgIpc) is 3.40. The summed E-state index contributed by atoms with van der Waals surface area (Å²) >= 11 is 0. The Hall–Kier alpha value is -3.60. The minimum atomic E-state index is 0.0658. The summed E-state index contributed by atoms with van der Waals surface area (Å²) in [5.41, 5.74) is 7.84. The predicted octanol–water partition coefficient (Wildman–Crippen LogP) is 6.26. The molecule has 0 aliphatic carbocycles. The largest absolute Gasteiger partial charge is 0.493 e. The molecule has 1 amide bonds. The summed E-state index contributed by atoms with van der Waals surface area (Å²) in [7, 11) is 0. The summed E-state index contributed by atoms with van der Waals surface area (Å²) in [5, 5.41) is 0. The van der Waals surface area contributed by atoms with Crippen molar-refractivity contribution >= 4 is 22.6 Å². The molecular formula is C30H33N3O2. The van der Waals surface area contributed by atoms with Crippen molar-refractivity contribution in [2.45, 2.75) is 53.0 Å². The van der Waals surface area contributed by atoms with Crippen LogP contribution in [0.1, 0.15) is 46.8 Å². The third-order valence-corrected chi connectivity index (χ3v) is 7.16. The molecule has 1 aromatic heterocycles. The molecule has 4 aromatic rings. The molecule has 5 heteroatoms. The van der Waals surface area contributed by atoms with Gasteiger partial charge in [0.1, 0.15) is 11.6 Å². The molecule has 1 aliphatic heterocycles. The molecule has 0 N–H and O–H groups in total. The quantitative estimate of drug-likeness (QED) is 0.301. The third kappa shape index (κ3) is 4.55. The Balaban J connectivity index is 1.36. The van der Waals surface area contributed by atoms with E-state index < -0.39 is 0 Å². The van der Waals surface area contributed by atoms with Crippen molar-refractivity contribution < 1.29 is 9.53 Å². The molecule has 0 spiro atoms. The number of hydrogen-bond donors (Lipinski definition) is 0. The van der Waals surface area contributed by atoms with Gasteiger partial charge in [0.25, 0.3) is 0 Å². The van der Waals surface area contributed by atoms with Crippen molar-refractivity contribution in [1.82, 2.24) is 9.55 Å². The summed E-state index contributed by atoms with van der Waals surface area (Å²) in [6.45, 7) is 10.5. The van der Waals surface area contributed by atoms with Crippen LogP contribution in [0.2, 0.25) is 0 Å². The van der Waals surface area contributed by atoms with E-state index in [4.69, 9.17) is 9.72 Å². The second-order valence-corrected chi connectivity index (χ2v) is 9.71. The molecule has 180 valence electrons. The predicted molar refractivity (Wildman–Crippen MR) is 141 cm³/mol. The lowest BCUT2D eigenvalue weighted by molar-refractivity contribution is -0.117. The maximum absolute atomic E-state index is 13.0. The first-order valence-electron chi connectivity index (χ1n) is 12.4. The van der Waals surface area contributed by atoms with Crippen LogP contribution in [0.15, 0.2) is 60.7 Å². The van der Waals surface area contributed by atoms with Crippen molar-refractivity contribution in [3.8, 4) is 5.75 Å². The maximum atomic E-state index is 13.0. The van der Waals surface area contributed by atoms with E-state index in [1.54, 1.807) is 0 Å². The number of carbonyl (C=O) groups excluding carboxylic acids is 1. The Morgan fingerprint density at radius 1 is 0.914 bits per heavy atom. The first kappa shape index (κ1) is 23.2. The molecule has 5 nitrogen and oxygen atoms in total. The van der Waals surface area contributed by atoms with Crippen LogP contribution >= 0.6 is 0 Å². The van der Waals surface area contributed by atoms with E-state index in [1.807, 2.05) is 11.0 Å². The standard InChI is InChI=1S/C30H33N3O2/c1-20-13-14-25(17-23(20)4)33-19-24(18-28(33)34)30-31-26-11-5-6-12-27(26)32(30)15-8-16-35-29-21(2)9-7-10-22(29)3/h5-7,9-14,17,24H,8,15-16,18-19H2,1-4H3. The molecule has 1 unspecified atom stereocenters. The van der Waals surface area contributed by atoms with E-state index in [2.05, 4.69) is 86.9 Å². The van der Waals surface area contributed by atoms with Crippen molar-refractivity contribution in [2.24, 2.45) is 0 Å². The number of anilines is 1. The Morgan fingerprint density at radius 2 is 1.69 bits per heavy atom. The number of carbonyl (C=O) groups is 1. The van der Waals surface area contributed by atoms with Crippen LogP contribution in [0.25, 0.3) is 11.0 Å². The molecule has 3 aromatic carbocycles. The van der Waals surface area contributed by atoms with Crippen LogP contribution in [-0.2, 0) is 11.3 Å². The van der Waals surface area contributed by atoms with Crippen molar-refractivity contribution in [1.29, 1.82) is 0 Å². The molecule has 1 saturated heterocycles. The lowest BCUT2D eigenvalue weighted by Gasteiger charge is -2.19. The van der Waals surface area contributed by atoms with Crippen LogP contribution in [0, 0.1) is 27.7 Å². The van der Waals surface area contributed by atoms with E-state index in [1.165, 1.54) is 11.1 Å². The van der Waals surface area contributed by atoms with Gasteiger partial charge < -0.3 is 14.2 Å². The third-order valence-electron chi connectivity index (χ3n) is 7.16. The number of fused-ring (bicyclic) bond motifs is 1. The van der Waals surface area contributed by atoms with Gasteiger partial charge in [-0.15, -0.1) is 0 Å². The fourth-order valence-electron chi connectivity index (χ4n) is 5.09. The number of ether oxygens (including phenoxy) is 1. The maximum Gasteiger partial charge on any atom is 0.227 e. The van der Waals surface area contributed by atoms with Gasteiger partial charge in [0.05, 0.1) is 17.6 Å². The minimum Gasteiger partial charge on any atom is -0.493 e. The van der Waals surface area contributed by atoms with Crippen LogP contribution in [0.4, 0.5) is 5.69 Å². The average molecular weight is 468 g/mol. The highest BCUT2D eigenvalue weighted by atomic mass is 16.5. The van der Waals surface area contributed by atoms with E-state index in [0.29, 0.717) is 19.6 Å². The van der Waals surface area contributed by atoms with E-state index in [9.17, 15) is 4.79 Å². The second-order valence-electron chi connectivity index (χ2n) is 9.71. The fraction of sp³-hybridized carbons (Fsp3) is 0.333. The minimum absolute atomic E-state index is 0.0658. The normalized spacial score (nSPS) is 15.8. The number of rotatable bonds is 7. The zero-order chi connectivity index (χ0) is 24.5. The smallest absolute Gasteiger partial charge is 0.227 e. The number of para-hydroxylation sites is 3. The highest BCUT2D eigenvalue weighted by molar-refractivity contribution is 5.96. The number of hydrogen-bond acceptors (Lipinski definition) is 3. The van der Waals surface area contributed by atoms with E-state index in [-0.39, 0.29) is 11.8 Å². The first-order chi connectivity index (χ1) is 16.9. The molecule has 0 radical (unpaired) electrons. The van der Waals surface area contributed by atoms with Gasteiger partial charge in [0, 0.05) is 31.1 Å². The molecule has 1 aliphatic rings. The molecular weight excluding hydrogens is 434 g/mol. The number of benzene rings is 3. The number of imidazole rings is 1. The Morgan fingerprint density at radius 3 is 2.46 bits per heavy atom. The van der Waals surface area contributed by atoms with Crippen LogP contribution in [-0.4, -0.2) is 28.6 Å². The van der Waals surface area contributed by atoms with Crippen molar-refractivity contribution in [3.05, 3.63) is 88.7 Å². The lowest BCUT2D eigenvalue weighted by atomic mass is 10.1. The van der Waals surface area contributed by atoms with Gasteiger partial charge in [0.15, 0.2) is 0 Å². The van der Waals surface area contributed by atoms with Crippen LogP contribution in [0.5, 0.6) is 5.75 Å². The first-order valence-corrected chi connectivity index (χ1v) is 12.4. The zero-order valence-electron chi connectivity index (χ0n) is 21.0. The number of aromatic nitrogens is 2. The topological polar surface area (TPSA) is 47.4 Å². The molecule has 5 rings (SSSR count). The number of nitrogens with zero attached hydrogens (tertiary/aromatic N) is 3. The van der Waals surface area contributed by atoms with Gasteiger partial charge in [-0.2, -0.15) is 0 Å². The van der Waals surface area contributed by atoms with E-state index >= 15 is 0 Å². The SMILES string of the molecule is Cc1ccc(N2CC(c3nc4ccccc4n3CCCOc3c(C)cccc3C)CC2=O)cc1C. The van der Waals surface area contributed by atoms with Gasteiger partial charge in [-0.3, -0.25) is 4.79 Å². The summed E-state index contributed by atoms with van der Waals surface area (Å²) in [4.78, 5) is 19.9. The van der Waals surface area contributed by atoms with Gasteiger partial charge in [-0.05, 0) is 80.6 Å². The second kappa shape index (κ2) is 9.57. The molecule has 1 fully saturated rings. The zero-order valence-corrected chi connectivity index (χ0v) is 21.0. The highest BCUT2D eigenvalue weighted by Gasteiger charge is 2.34. The summed E-state index contributed by atoms with van der Waals surface area (Å²) in [5.74, 6) is 2.21. The van der Waals surface area contributed by atoms with Crippen molar-refractivity contribution in [2.75, 3.05) is 18.1 Å². The summed E-state index contributed by atoms with van der Waals surface area (Å²) in [6, 6.07) is 20.7. The van der Waals surface area contributed by atoms with Crippen molar-refractivity contribution in [3.63, 3.8) is 0 Å². The van der Waals surface area contributed by atoms with E-state index in [0.717, 1.165) is 52.4 Å². The number of amides is 1. The summed E-state index contributed by atoms with van der Waals surface area (Å²) in [6.07, 6.45) is 1.35. The van der Waals surface area contributed by atoms with Crippen LogP contribution in [0.3, 0.4) is 0 Å². The Bertz CT molecular complexity index is 1370.